The first-order valence-electron chi connectivity index (χ1n) is 4.37. The van der Waals surface area contributed by atoms with Crippen LogP contribution in [0.4, 0.5) is 8.78 Å². The van der Waals surface area contributed by atoms with Gasteiger partial charge in [-0.3, -0.25) is 0 Å². The molecule has 0 nitrogen and oxygen atoms in total. The van der Waals surface area contributed by atoms with E-state index in [0.717, 1.165) is 15.7 Å². The lowest BCUT2D eigenvalue weighted by atomic mass is 10.0. The van der Waals surface area contributed by atoms with E-state index >= 15 is 0 Å². The molecule has 0 radical (unpaired) electrons. The lowest BCUT2D eigenvalue weighted by Crippen LogP contribution is -1.97. The van der Waals surface area contributed by atoms with Crippen molar-refractivity contribution < 1.29 is 8.78 Å². The third-order valence-electron chi connectivity index (χ3n) is 2.58. The highest BCUT2D eigenvalue weighted by atomic mass is 19.2. The van der Waals surface area contributed by atoms with Crippen LogP contribution in [0, 0.1) is 32.5 Å². The summed E-state index contributed by atoms with van der Waals surface area (Å²) in [4.78, 5) is 0. The number of fused-ring (bicyclic) bond motifs is 2. The molecule has 0 aromatic heterocycles. The van der Waals surface area contributed by atoms with E-state index in [1.165, 1.54) is 6.07 Å². The summed E-state index contributed by atoms with van der Waals surface area (Å²) in [6, 6.07) is 10.2. The highest BCUT2D eigenvalue weighted by molar-refractivity contribution is 5.30. The van der Waals surface area contributed by atoms with Gasteiger partial charge in [0.1, 0.15) is 0 Å². The Hall–Kier alpha value is -1.70. The zero-order chi connectivity index (χ0) is 9.71. The first kappa shape index (κ1) is 7.68. The van der Waals surface area contributed by atoms with Crippen molar-refractivity contribution in [2.45, 2.75) is 0 Å². The van der Waals surface area contributed by atoms with Gasteiger partial charge in [0.25, 0.3) is 0 Å². The van der Waals surface area contributed by atoms with E-state index in [4.69, 9.17) is 0 Å². The zero-order valence-corrected chi connectivity index (χ0v) is 7.22. The molecule has 0 spiro atoms. The van der Waals surface area contributed by atoms with Crippen molar-refractivity contribution in [3.63, 3.8) is 0 Å². The van der Waals surface area contributed by atoms with Crippen molar-refractivity contribution in [3.8, 4) is 0 Å². The fraction of sp³-hybridized carbons (Fsp3) is 0. The maximum absolute atomic E-state index is 13.3. The molecule has 68 valence electrons. The third kappa shape index (κ3) is 0.757. The second-order valence-electron chi connectivity index (χ2n) is 3.33. The topological polar surface area (TPSA) is 0 Å². The highest BCUT2D eigenvalue weighted by Gasteiger charge is 2.09. The normalized spacial score (nSPS) is 11.6. The SMILES string of the molecule is Fc1ccc2c(c1F)=c1ccccc1=2. The summed E-state index contributed by atoms with van der Waals surface area (Å²) < 4.78 is 26.3. The maximum atomic E-state index is 13.3. The molecule has 1 aliphatic rings. The van der Waals surface area contributed by atoms with Gasteiger partial charge in [0, 0.05) is 5.22 Å². The molecule has 0 saturated carbocycles. The van der Waals surface area contributed by atoms with Crippen LogP contribution >= 0.6 is 0 Å². The highest BCUT2D eigenvalue weighted by Crippen LogP contribution is 2.17. The third-order valence-corrected chi connectivity index (χ3v) is 2.58. The summed E-state index contributed by atoms with van der Waals surface area (Å²) in [5.41, 5.74) is 0. The van der Waals surface area contributed by atoms with Crippen molar-refractivity contribution in [2.75, 3.05) is 0 Å². The van der Waals surface area contributed by atoms with Crippen LogP contribution in [0.5, 0.6) is 0 Å². The fourth-order valence-electron chi connectivity index (χ4n) is 1.91. The molecular formula is C12H6F2. The molecule has 0 unspecified atom stereocenters. The van der Waals surface area contributed by atoms with E-state index in [2.05, 4.69) is 0 Å². The number of hydrogen-bond acceptors (Lipinski definition) is 0. The van der Waals surface area contributed by atoms with Gasteiger partial charge in [-0.1, -0.05) is 30.3 Å². The molecule has 3 rings (SSSR count). The summed E-state index contributed by atoms with van der Waals surface area (Å²) in [7, 11) is 0. The molecule has 2 heteroatoms. The molecule has 0 fully saturated rings. The van der Waals surface area contributed by atoms with Crippen LogP contribution in [-0.2, 0) is 0 Å². The molecule has 0 amide bonds. The average Bonchev–Trinajstić information content (AvgIpc) is 2.18. The second kappa shape index (κ2) is 2.41. The quantitative estimate of drug-likeness (QED) is 0.509. The van der Waals surface area contributed by atoms with Crippen LogP contribution in [0.15, 0.2) is 36.4 Å². The predicted molar refractivity (Wildman–Crippen MR) is 48.1 cm³/mol. The standard InChI is InChI=1S/C12H6F2/c13-10-6-5-9-7-3-1-2-4-8(7)11(9)12(10)14/h1-6H. The largest absolute Gasteiger partial charge is 0.204 e. The molecule has 0 saturated heterocycles. The summed E-state index contributed by atoms with van der Waals surface area (Å²) in [6.07, 6.45) is 0. The van der Waals surface area contributed by atoms with Crippen LogP contribution in [0.25, 0.3) is 0 Å². The van der Waals surface area contributed by atoms with E-state index in [9.17, 15) is 8.78 Å². The van der Waals surface area contributed by atoms with Crippen molar-refractivity contribution in [2.24, 2.45) is 0 Å². The average molecular weight is 188 g/mol. The van der Waals surface area contributed by atoms with E-state index < -0.39 is 11.6 Å². The maximum Gasteiger partial charge on any atom is 0.167 e. The molecule has 2 aromatic rings. The fourth-order valence-corrected chi connectivity index (χ4v) is 1.91. The Bertz CT molecular complexity index is 702. The first-order valence-corrected chi connectivity index (χ1v) is 4.37. The van der Waals surface area contributed by atoms with Gasteiger partial charge < -0.3 is 0 Å². The van der Waals surface area contributed by atoms with Gasteiger partial charge in [0.2, 0.25) is 0 Å². The molecule has 0 bridgehead atoms. The van der Waals surface area contributed by atoms with Gasteiger partial charge in [-0.25, -0.2) is 8.78 Å². The summed E-state index contributed by atoms with van der Waals surface area (Å²) in [5, 5.41) is 3.03. The van der Waals surface area contributed by atoms with Gasteiger partial charge in [-0.05, 0) is 21.7 Å². The van der Waals surface area contributed by atoms with E-state index in [1.54, 1.807) is 12.1 Å². The van der Waals surface area contributed by atoms with Gasteiger partial charge in [-0.2, -0.15) is 0 Å². The first-order chi connectivity index (χ1) is 6.79. The minimum absolute atomic E-state index is 0.417. The Morgan fingerprint density at radius 2 is 1.43 bits per heavy atom. The number of hydrogen-bond donors (Lipinski definition) is 0. The smallest absolute Gasteiger partial charge is 0.167 e. The molecule has 1 aliphatic carbocycles. The number of halogens is 2. The molecule has 0 aliphatic heterocycles. The minimum atomic E-state index is -0.779. The van der Waals surface area contributed by atoms with Crippen LogP contribution in [-0.4, -0.2) is 0 Å². The predicted octanol–water partition coefficient (Wildman–Crippen LogP) is 2.85. The Balaban J connectivity index is 2.68. The van der Waals surface area contributed by atoms with Crippen LogP contribution in [0.2, 0.25) is 0 Å². The Kier molecular flexibility index (Phi) is 1.32. The monoisotopic (exact) mass is 188 g/mol. The Labute approximate surface area is 78.4 Å². The van der Waals surface area contributed by atoms with Crippen molar-refractivity contribution in [3.05, 3.63) is 68.9 Å². The number of rotatable bonds is 0. The summed E-state index contributed by atoms with van der Waals surface area (Å²) in [6.45, 7) is 0. The molecule has 0 atom stereocenters. The second-order valence-corrected chi connectivity index (χ2v) is 3.33. The summed E-state index contributed by atoms with van der Waals surface area (Å²) in [5.74, 6) is -1.51. The molecule has 14 heavy (non-hydrogen) atoms. The molecular weight excluding hydrogens is 182 g/mol. The van der Waals surface area contributed by atoms with E-state index in [-0.39, 0.29) is 0 Å². The Morgan fingerprint density at radius 3 is 2.21 bits per heavy atom. The van der Waals surface area contributed by atoms with E-state index in [0.29, 0.717) is 5.22 Å². The molecule has 0 N–H and O–H groups in total. The molecule has 0 heterocycles. The zero-order valence-electron chi connectivity index (χ0n) is 7.22. The van der Waals surface area contributed by atoms with Gasteiger partial charge >= 0.3 is 0 Å². The number of benzene rings is 2. The van der Waals surface area contributed by atoms with Crippen LogP contribution in [0.1, 0.15) is 0 Å². The van der Waals surface area contributed by atoms with Crippen LogP contribution < -0.4 is 0 Å². The Morgan fingerprint density at radius 1 is 0.714 bits per heavy atom. The van der Waals surface area contributed by atoms with Gasteiger partial charge in [0.05, 0.1) is 0 Å². The lowest BCUT2D eigenvalue weighted by molar-refractivity contribution is 0.501. The lowest BCUT2D eigenvalue weighted by Gasteiger charge is -2.05. The van der Waals surface area contributed by atoms with Crippen molar-refractivity contribution in [1.29, 1.82) is 0 Å². The minimum Gasteiger partial charge on any atom is -0.204 e. The van der Waals surface area contributed by atoms with Crippen molar-refractivity contribution >= 4 is 0 Å². The molecule has 2 aromatic carbocycles. The van der Waals surface area contributed by atoms with Gasteiger partial charge in [0.15, 0.2) is 11.6 Å². The van der Waals surface area contributed by atoms with Gasteiger partial charge in [-0.15, -0.1) is 0 Å². The van der Waals surface area contributed by atoms with Crippen LogP contribution in [0.3, 0.4) is 0 Å². The van der Waals surface area contributed by atoms with Crippen molar-refractivity contribution in [1.82, 2.24) is 0 Å². The summed E-state index contributed by atoms with van der Waals surface area (Å²) >= 11 is 0. The van der Waals surface area contributed by atoms with E-state index in [1.807, 2.05) is 18.2 Å².